The summed E-state index contributed by atoms with van der Waals surface area (Å²) in [5.74, 6) is 0.634. The smallest absolute Gasteiger partial charge is 0.0683 e. The van der Waals surface area contributed by atoms with Crippen LogP contribution in [0.25, 0.3) is 0 Å². The maximum absolute atomic E-state index is 12.2. The molecule has 1 aromatic rings. The number of benzene rings is 1. The van der Waals surface area contributed by atoms with Crippen LogP contribution < -0.4 is 0 Å². The molecule has 1 atom stereocenters. The number of hydrogen-bond donors (Lipinski definition) is 0. The van der Waals surface area contributed by atoms with Gasteiger partial charge in [0, 0.05) is 10.6 Å². The Morgan fingerprint density at radius 1 is 1.33 bits per heavy atom. The molecule has 0 amide bonds. The summed E-state index contributed by atoms with van der Waals surface area (Å²) in [4.78, 5) is 0.935. The van der Waals surface area contributed by atoms with Crippen molar-refractivity contribution in [1.82, 2.24) is 0 Å². The monoisotopic (exact) mass is 263 g/mol. The molecule has 0 aliphatic heterocycles. The molecule has 0 heterocycles. The minimum atomic E-state index is -0.951. The molecule has 98 valence electrons. The molecule has 0 radical (unpaired) electrons. The standard InChI is InChI=1S/C15H21NOS/c1-12-6-7-13(2)14(10-12)18(17)9-5-8-15(3,4)11-16/h6-7,10H,5,8-9H2,1-4H3. The largest absolute Gasteiger partial charge is 0.254 e. The third kappa shape index (κ3) is 4.27. The Kier molecular flexibility index (Phi) is 5.10. The number of nitrogens with zero attached hydrogens (tertiary/aromatic N) is 1. The van der Waals surface area contributed by atoms with Gasteiger partial charge in [-0.05, 0) is 57.7 Å². The first-order valence-corrected chi connectivity index (χ1v) is 7.54. The molecule has 0 aliphatic rings. The first kappa shape index (κ1) is 14.9. The summed E-state index contributed by atoms with van der Waals surface area (Å²) in [5.41, 5.74) is 1.91. The molecule has 0 saturated carbocycles. The van der Waals surface area contributed by atoms with Crippen LogP contribution in [0.5, 0.6) is 0 Å². The summed E-state index contributed by atoms with van der Waals surface area (Å²) in [6.07, 6.45) is 1.61. The SMILES string of the molecule is Cc1ccc(C)c(S(=O)CCCC(C)(C)C#N)c1. The highest BCUT2D eigenvalue weighted by Gasteiger charge is 2.17. The van der Waals surface area contributed by atoms with Gasteiger partial charge in [0.1, 0.15) is 0 Å². The van der Waals surface area contributed by atoms with Crippen LogP contribution in [-0.4, -0.2) is 9.96 Å². The van der Waals surface area contributed by atoms with Crippen molar-refractivity contribution in [2.24, 2.45) is 5.41 Å². The van der Waals surface area contributed by atoms with E-state index >= 15 is 0 Å². The molecule has 0 saturated heterocycles. The van der Waals surface area contributed by atoms with E-state index in [4.69, 9.17) is 5.26 Å². The van der Waals surface area contributed by atoms with E-state index in [0.29, 0.717) is 5.75 Å². The Morgan fingerprint density at radius 2 is 2.00 bits per heavy atom. The molecule has 18 heavy (non-hydrogen) atoms. The molecule has 3 heteroatoms. The van der Waals surface area contributed by atoms with Crippen molar-refractivity contribution in [2.75, 3.05) is 5.75 Å². The summed E-state index contributed by atoms with van der Waals surface area (Å²) >= 11 is 0. The van der Waals surface area contributed by atoms with Crippen LogP contribution in [0, 0.1) is 30.6 Å². The van der Waals surface area contributed by atoms with Crippen molar-refractivity contribution >= 4 is 10.8 Å². The van der Waals surface area contributed by atoms with Crippen LogP contribution in [-0.2, 0) is 10.8 Å². The molecule has 2 nitrogen and oxygen atoms in total. The van der Waals surface area contributed by atoms with Gasteiger partial charge in [-0.25, -0.2) is 0 Å². The lowest BCUT2D eigenvalue weighted by Crippen LogP contribution is -2.10. The Bertz CT molecular complexity index is 486. The van der Waals surface area contributed by atoms with Gasteiger partial charge in [-0.3, -0.25) is 4.21 Å². The van der Waals surface area contributed by atoms with Gasteiger partial charge in [-0.1, -0.05) is 12.1 Å². The Balaban J connectivity index is 2.62. The fourth-order valence-corrected chi connectivity index (χ4v) is 3.13. The second-order valence-corrected chi connectivity index (χ2v) is 6.96. The molecule has 0 N–H and O–H groups in total. The van der Waals surface area contributed by atoms with Gasteiger partial charge in [-0.15, -0.1) is 0 Å². The maximum Gasteiger partial charge on any atom is 0.0683 e. The van der Waals surface area contributed by atoms with Crippen LogP contribution >= 0.6 is 0 Å². The van der Waals surface area contributed by atoms with Crippen LogP contribution in [0.4, 0.5) is 0 Å². The Morgan fingerprint density at radius 3 is 2.61 bits per heavy atom. The zero-order chi connectivity index (χ0) is 13.8. The van der Waals surface area contributed by atoms with Gasteiger partial charge >= 0.3 is 0 Å². The van der Waals surface area contributed by atoms with Crippen molar-refractivity contribution < 1.29 is 4.21 Å². The summed E-state index contributed by atoms with van der Waals surface area (Å²) in [6.45, 7) is 7.85. The van der Waals surface area contributed by atoms with Crippen LogP contribution in [0.1, 0.15) is 37.8 Å². The van der Waals surface area contributed by atoms with Crippen molar-refractivity contribution in [1.29, 1.82) is 5.26 Å². The summed E-state index contributed by atoms with van der Waals surface area (Å²) in [6, 6.07) is 8.33. The molecule has 1 aromatic carbocycles. The van der Waals surface area contributed by atoms with Crippen LogP contribution in [0.3, 0.4) is 0 Å². The first-order chi connectivity index (χ1) is 8.35. The van der Waals surface area contributed by atoms with E-state index in [1.807, 2.05) is 45.9 Å². The summed E-state index contributed by atoms with van der Waals surface area (Å²) in [7, 11) is -0.951. The number of nitriles is 1. The van der Waals surface area contributed by atoms with Crippen molar-refractivity contribution in [2.45, 2.75) is 45.4 Å². The molecule has 1 rings (SSSR count). The second kappa shape index (κ2) is 6.15. The number of hydrogen-bond acceptors (Lipinski definition) is 2. The number of aryl methyl sites for hydroxylation is 2. The Hall–Kier alpha value is -1.14. The highest BCUT2D eigenvalue weighted by Crippen LogP contribution is 2.22. The highest BCUT2D eigenvalue weighted by atomic mass is 32.2. The molecular formula is C15H21NOS. The zero-order valence-corrected chi connectivity index (χ0v) is 12.4. The van der Waals surface area contributed by atoms with E-state index in [2.05, 4.69) is 6.07 Å². The average molecular weight is 263 g/mol. The van der Waals surface area contributed by atoms with E-state index in [1.54, 1.807) is 0 Å². The van der Waals surface area contributed by atoms with Gasteiger partial charge in [-0.2, -0.15) is 5.26 Å². The minimum absolute atomic E-state index is 0.314. The Labute approximate surface area is 112 Å². The highest BCUT2D eigenvalue weighted by molar-refractivity contribution is 7.85. The molecule has 0 spiro atoms. The lowest BCUT2D eigenvalue weighted by Gasteiger charge is -2.14. The summed E-state index contributed by atoms with van der Waals surface area (Å²) in [5, 5.41) is 8.93. The molecule has 0 aromatic heterocycles. The molecule has 0 aliphatic carbocycles. The summed E-state index contributed by atoms with van der Waals surface area (Å²) < 4.78 is 12.2. The first-order valence-electron chi connectivity index (χ1n) is 6.22. The molecule has 0 fully saturated rings. The van der Waals surface area contributed by atoms with E-state index < -0.39 is 10.8 Å². The normalized spacial score (nSPS) is 13.1. The molecule has 0 bridgehead atoms. The minimum Gasteiger partial charge on any atom is -0.254 e. The maximum atomic E-state index is 12.2. The van der Waals surface area contributed by atoms with E-state index in [1.165, 1.54) is 0 Å². The third-order valence-corrected chi connectivity index (χ3v) is 4.61. The van der Waals surface area contributed by atoms with E-state index in [-0.39, 0.29) is 5.41 Å². The molecular weight excluding hydrogens is 242 g/mol. The quantitative estimate of drug-likeness (QED) is 0.812. The zero-order valence-electron chi connectivity index (χ0n) is 11.6. The van der Waals surface area contributed by atoms with E-state index in [9.17, 15) is 4.21 Å². The van der Waals surface area contributed by atoms with Gasteiger partial charge in [0.15, 0.2) is 0 Å². The van der Waals surface area contributed by atoms with Crippen LogP contribution in [0.2, 0.25) is 0 Å². The topological polar surface area (TPSA) is 40.9 Å². The predicted octanol–water partition coefficient (Wildman–Crippen LogP) is 3.74. The fraction of sp³-hybridized carbons (Fsp3) is 0.533. The third-order valence-electron chi connectivity index (χ3n) is 3.02. The predicted molar refractivity (Wildman–Crippen MR) is 75.8 cm³/mol. The van der Waals surface area contributed by atoms with Crippen molar-refractivity contribution in [3.8, 4) is 6.07 Å². The lowest BCUT2D eigenvalue weighted by atomic mass is 9.90. The van der Waals surface area contributed by atoms with Gasteiger partial charge in [0.25, 0.3) is 0 Å². The van der Waals surface area contributed by atoms with Crippen molar-refractivity contribution in [3.05, 3.63) is 29.3 Å². The molecule has 1 unspecified atom stereocenters. The van der Waals surface area contributed by atoms with Gasteiger partial charge in [0.2, 0.25) is 0 Å². The lowest BCUT2D eigenvalue weighted by molar-refractivity contribution is 0.447. The second-order valence-electron chi connectivity index (χ2n) is 5.42. The van der Waals surface area contributed by atoms with Crippen molar-refractivity contribution in [3.63, 3.8) is 0 Å². The average Bonchev–Trinajstić information content (AvgIpc) is 2.32. The van der Waals surface area contributed by atoms with Gasteiger partial charge < -0.3 is 0 Å². The van der Waals surface area contributed by atoms with E-state index in [0.717, 1.165) is 28.9 Å². The number of rotatable bonds is 5. The van der Waals surface area contributed by atoms with Gasteiger partial charge in [0.05, 0.1) is 22.3 Å². The van der Waals surface area contributed by atoms with Crippen LogP contribution in [0.15, 0.2) is 23.1 Å². The fourth-order valence-electron chi connectivity index (χ4n) is 1.76.